The predicted octanol–water partition coefficient (Wildman–Crippen LogP) is 2.38. The van der Waals surface area contributed by atoms with Crippen LogP contribution in [0.4, 0.5) is 5.82 Å². The highest BCUT2D eigenvalue weighted by atomic mass is 16.6. The minimum atomic E-state index is -1.21. The van der Waals surface area contributed by atoms with E-state index in [1.54, 1.807) is 37.9 Å². The molecule has 0 spiro atoms. The molecule has 2 aromatic rings. The van der Waals surface area contributed by atoms with Crippen molar-refractivity contribution in [2.45, 2.75) is 20.4 Å². The molecular formula is C19H23N3O5. The summed E-state index contributed by atoms with van der Waals surface area (Å²) >= 11 is 0. The van der Waals surface area contributed by atoms with E-state index in [9.17, 15) is 9.59 Å². The molecule has 0 fully saturated rings. The minimum Gasteiger partial charge on any atom is -0.497 e. The largest absolute Gasteiger partial charge is 0.497 e. The molecule has 0 unspecified atom stereocenters. The predicted molar refractivity (Wildman–Crippen MR) is 99.2 cm³/mol. The molecule has 8 nitrogen and oxygen atoms in total. The topological polar surface area (TPSA) is 92.0 Å². The number of nitrogens with zero attached hydrogens (tertiary/aromatic N) is 3. The number of hydrogen-bond donors (Lipinski definition) is 0. The van der Waals surface area contributed by atoms with Crippen LogP contribution in [0, 0.1) is 5.92 Å². The summed E-state index contributed by atoms with van der Waals surface area (Å²) in [6.07, 6.45) is 2.83. The van der Waals surface area contributed by atoms with E-state index in [0.29, 0.717) is 12.4 Å². The van der Waals surface area contributed by atoms with Gasteiger partial charge in [-0.1, -0.05) is 12.1 Å². The maximum absolute atomic E-state index is 12.0. The molecule has 8 heteroatoms. The van der Waals surface area contributed by atoms with Gasteiger partial charge in [0, 0.05) is 12.3 Å². The Morgan fingerprint density at radius 3 is 2.30 bits per heavy atom. The average Bonchev–Trinajstić information content (AvgIpc) is 3.10. The van der Waals surface area contributed by atoms with Gasteiger partial charge < -0.3 is 14.2 Å². The fourth-order valence-corrected chi connectivity index (χ4v) is 2.29. The molecule has 0 bridgehead atoms. The number of aliphatic imine (C=N–C) groups is 1. The zero-order valence-corrected chi connectivity index (χ0v) is 15.6. The van der Waals surface area contributed by atoms with E-state index in [2.05, 4.69) is 10.1 Å². The summed E-state index contributed by atoms with van der Waals surface area (Å²) in [6.45, 7) is 4.14. The molecule has 0 saturated carbocycles. The monoisotopic (exact) mass is 373 g/mol. The van der Waals surface area contributed by atoms with Gasteiger partial charge in [0.05, 0.1) is 33.1 Å². The molecule has 1 aromatic carbocycles. The molecule has 1 aromatic heterocycles. The third-order valence-corrected chi connectivity index (χ3v) is 3.62. The lowest BCUT2D eigenvalue weighted by atomic mass is 10.2. The van der Waals surface area contributed by atoms with E-state index in [1.807, 2.05) is 24.3 Å². The number of esters is 2. The van der Waals surface area contributed by atoms with Crippen molar-refractivity contribution in [1.29, 1.82) is 0 Å². The standard InChI is InChI=1S/C19H23N3O5/c1-4-26-18(23)16(19(24)27-5-2)12-20-17-10-11-21-22(17)13-14-6-8-15(25-3)9-7-14/h6-12,16H,4-5,13H2,1-3H3. The van der Waals surface area contributed by atoms with Crippen LogP contribution in [0.3, 0.4) is 0 Å². The van der Waals surface area contributed by atoms with E-state index in [-0.39, 0.29) is 13.2 Å². The van der Waals surface area contributed by atoms with Crippen LogP contribution >= 0.6 is 0 Å². The molecule has 0 aliphatic heterocycles. The van der Waals surface area contributed by atoms with Crippen molar-refractivity contribution in [2.75, 3.05) is 20.3 Å². The number of rotatable bonds is 9. The number of hydrogen-bond acceptors (Lipinski definition) is 7. The summed E-state index contributed by atoms with van der Waals surface area (Å²) in [7, 11) is 1.61. The zero-order chi connectivity index (χ0) is 19.6. The fourth-order valence-electron chi connectivity index (χ4n) is 2.29. The molecule has 27 heavy (non-hydrogen) atoms. The highest BCUT2D eigenvalue weighted by molar-refractivity contribution is 6.09. The van der Waals surface area contributed by atoms with E-state index in [1.165, 1.54) is 6.21 Å². The maximum Gasteiger partial charge on any atom is 0.325 e. The third kappa shape index (κ3) is 5.67. The number of ether oxygens (including phenoxy) is 3. The Kier molecular flexibility index (Phi) is 7.54. The van der Waals surface area contributed by atoms with E-state index in [0.717, 1.165) is 11.3 Å². The van der Waals surface area contributed by atoms with Crippen LogP contribution in [-0.4, -0.2) is 48.3 Å². The van der Waals surface area contributed by atoms with Gasteiger partial charge in [-0.05, 0) is 31.5 Å². The van der Waals surface area contributed by atoms with Gasteiger partial charge in [0.15, 0.2) is 5.92 Å². The molecule has 1 heterocycles. The van der Waals surface area contributed by atoms with Crippen molar-refractivity contribution in [3.63, 3.8) is 0 Å². The summed E-state index contributed by atoms with van der Waals surface area (Å²) in [6, 6.07) is 9.26. The van der Waals surface area contributed by atoms with Gasteiger partial charge in [-0.3, -0.25) is 9.59 Å². The van der Waals surface area contributed by atoms with Crippen molar-refractivity contribution < 1.29 is 23.8 Å². The molecule has 0 aliphatic carbocycles. The van der Waals surface area contributed by atoms with Gasteiger partial charge in [-0.25, -0.2) is 9.67 Å². The van der Waals surface area contributed by atoms with Crippen molar-refractivity contribution in [1.82, 2.24) is 9.78 Å². The highest BCUT2D eigenvalue weighted by Gasteiger charge is 2.27. The normalized spacial score (nSPS) is 11.0. The van der Waals surface area contributed by atoms with Crippen molar-refractivity contribution >= 4 is 24.0 Å². The molecule has 0 N–H and O–H groups in total. The first-order chi connectivity index (χ1) is 13.1. The van der Waals surface area contributed by atoms with Crippen LogP contribution in [-0.2, 0) is 25.6 Å². The summed E-state index contributed by atoms with van der Waals surface area (Å²) in [5.74, 6) is -1.33. The van der Waals surface area contributed by atoms with E-state index < -0.39 is 17.9 Å². The van der Waals surface area contributed by atoms with Crippen LogP contribution in [0.25, 0.3) is 0 Å². The van der Waals surface area contributed by atoms with Gasteiger partial charge in [0.1, 0.15) is 11.6 Å². The molecular weight excluding hydrogens is 350 g/mol. The smallest absolute Gasteiger partial charge is 0.325 e. The first-order valence-corrected chi connectivity index (χ1v) is 8.61. The van der Waals surface area contributed by atoms with E-state index in [4.69, 9.17) is 14.2 Å². The second-order valence-corrected chi connectivity index (χ2v) is 5.46. The quantitative estimate of drug-likeness (QED) is 0.381. The average molecular weight is 373 g/mol. The Balaban J connectivity index is 2.16. The number of carbonyl (C=O) groups excluding carboxylic acids is 2. The summed E-state index contributed by atoms with van der Waals surface area (Å²) in [5, 5.41) is 4.23. The minimum absolute atomic E-state index is 0.165. The third-order valence-electron chi connectivity index (χ3n) is 3.62. The molecule has 0 amide bonds. The summed E-state index contributed by atoms with van der Waals surface area (Å²) in [4.78, 5) is 28.3. The number of aromatic nitrogens is 2. The Hall–Kier alpha value is -3.16. The number of carbonyl (C=O) groups is 2. The number of benzene rings is 1. The molecule has 0 saturated heterocycles. The summed E-state index contributed by atoms with van der Waals surface area (Å²) < 4.78 is 16.7. The second-order valence-electron chi connectivity index (χ2n) is 5.46. The van der Waals surface area contributed by atoms with Gasteiger partial charge in [0.2, 0.25) is 0 Å². The lowest BCUT2D eigenvalue weighted by Crippen LogP contribution is -2.29. The Morgan fingerprint density at radius 1 is 1.11 bits per heavy atom. The van der Waals surface area contributed by atoms with Gasteiger partial charge >= 0.3 is 11.9 Å². The van der Waals surface area contributed by atoms with Crippen molar-refractivity contribution in [3.8, 4) is 5.75 Å². The molecule has 144 valence electrons. The lowest BCUT2D eigenvalue weighted by Gasteiger charge is -2.10. The van der Waals surface area contributed by atoms with Crippen molar-refractivity contribution in [2.24, 2.45) is 10.9 Å². The van der Waals surface area contributed by atoms with Gasteiger partial charge in [-0.2, -0.15) is 5.10 Å². The first-order valence-electron chi connectivity index (χ1n) is 8.61. The van der Waals surface area contributed by atoms with Gasteiger partial charge in [-0.15, -0.1) is 0 Å². The molecule has 2 rings (SSSR count). The Bertz CT molecular complexity index is 765. The second kappa shape index (κ2) is 10.1. The van der Waals surface area contributed by atoms with Crippen molar-refractivity contribution in [3.05, 3.63) is 42.1 Å². The molecule has 0 radical (unpaired) electrons. The maximum atomic E-state index is 12.0. The first kappa shape index (κ1) is 20.2. The van der Waals surface area contributed by atoms with Crippen LogP contribution in [0.2, 0.25) is 0 Å². The number of methoxy groups -OCH3 is 1. The fraction of sp³-hybridized carbons (Fsp3) is 0.368. The Labute approximate surface area is 157 Å². The SMILES string of the molecule is CCOC(=O)C(C=Nc1ccnn1Cc1ccc(OC)cc1)C(=O)OCC. The van der Waals surface area contributed by atoms with Crippen LogP contribution in [0.5, 0.6) is 5.75 Å². The molecule has 0 aliphatic rings. The van der Waals surface area contributed by atoms with Crippen LogP contribution in [0.1, 0.15) is 19.4 Å². The lowest BCUT2D eigenvalue weighted by molar-refractivity contribution is -0.157. The Morgan fingerprint density at radius 2 is 1.74 bits per heavy atom. The zero-order valence-electron chi connectivity index (χ0n) is 15.6. The van der Waals surface area contributed by atoms with Crippen LogP contribution in [0.15, 0.2) is 41.5 Å². The van der Waals surface area contributed by atoms with Crippen LogP contribution < -0.4 is 4.74 Å². The van der Waals surface area contributed by atoms with Gasteiger partial charge in [0.25, 0.3) is 0 Å². The van der Waals surface area contributed by atoms with E-state index >= 15 is 0 Å². The molecule has 0 atom stereocenters. The highest BCUT2D eigenvalue weighted by Crippen LogP contribution is 2.16. The summed E-state index contributed by atoms with van der Waals surface area (Å²) in [5.41, 5.74) is 1.00.